The topological polar surface area (TPSA) is 273 Å². The third-order valence-electron chi connectivity index (χ3n) is 10.8. The summed E-state index contributed by atoms with van der Waals surface area (Å²) in [6.07, 6.45) is 11.7. The van der Waals surface area contributed by atoms with Gasteiger partial charge >= 0.3 is 11.9 Å². The normalized spacial score (nSPS) is 39.0. The average molecular weight is 881 g/mol. The van der Waals surface area contributed by atoms with Gasteiger partial charge in [0.25, 0.3) is 0 Å². The van der Waals surface area contributed by atoms with Gasteiger partial charge in [-0.15, -0.1) is 0 Å². The number of carbonyl (C=O) groups is 2. The van der Waals surface area contributed by atoms with Crippen molar-refractivity contribution in [2.24, 2.45) is 11.8 Å². The minimum Gasteiger partial charge on any atom is -0.469 e. The van der Waals surface area contributed by atoms with E-state index in [1.807, 2.05) is 48.6 Å². The molecule has 2 rings (SSSR count). The fraction of sp³-hybridized carbons (Fsp3) is 0.652. The Labute approximate surface area is 365 Å². The molecule has 2 aliphatic heterocycles. The first kappa shape index (κ1) is 54.8. The maximum atomic E-state index is 12.8. The van der Waals surface area contributed by atoms with Gasteiger partial charge in [-0.25, -0.2) is 0 Å². The van der Waals surface area contributed by atoms with E-state index in [9.17, 15) is 60.7 Å². The summed E-state index contributed by atoms with van der Waals surface area (Å²) in [6.45, 7) is 3.36. The van der Waals surface area contributed by atoms with E-state index in [4.69, 9.17) is 18.9 Å². The molecule has 0 radical (unpaired) electrons. The molecule has 16 nitrogen and oxygen atoms in total. The van der Waals surface area contributed by atoms with Gasteiger partial charge < -0.3 is 70.0 Å². The molecule has 62 heavy (non-hydrogen) atoms. The van der Waals surface area contributed by atoms with Gasteiger partial charge in [-0.05, 0) is 51.9 Å². The van der Waals surface area contributed by atoms with Crippen molar-refractivity contribution in [3.05, 3.63) is 85.1 Å². The Morgan fingerprint density at radius 2 is 1.26 bits per heavy atom. The van der Waals surface area contributed by atoms with Crippen LogP contribution in [0.4, 0.5) is 0 Å². The van der Waals surface area contributed by atoms with Crippen LogP contribution in [0.15, 0.2) is 85.1 Å². The largest absolute Gasteiger partial charge is 0.469 e. The molecule has 352 valence electrons. The van der Waals surface area contributed by atoms with E-state index in [2.05, 4.69) is 0 Å². The van der Waals surface area contributed by atoms with Crippen LogP contribution in [0.2, 0.25) is 0 Å². The smallest absolute Gasteiger partial charge is 0.308 e. The molecule has 2 aliphatic rings. The molecule has 0 spiro atoms. The molecule has 0 saturated carbocycles. The van der Waals surface area contributed by atoms with Crippen LogP contribution in [0.3, 0.4) is 0 Å². The summed E-state index contributed by atoms with van der Waals surface area (Å²) in [5.74, 6) is -5.03. The predicted octanol–water partition coefficient (Wildman–Crippen LogP) is 2.24. The Morgan fingerprint density at radius 1 is 0.661 bits per heavy atom. The highest BCUT2D eigenvalue weighted by Gasteiger charge is 2.34. The first-order valence-corrected chi connectivity index (χ1v) is 21.5. The van der Waals surface area contributed by atoms with Gasteiger partial charge in [0.2, 0.25) is 0 Å². The van der Waals surface area contributed by atoms with Crippen molar-refractivity contribution in [2.45, 2.75) is 164 Å². The Hall–Kier alpha value is -3.36. The van der Waals surface area contributed by atoms with Crippen molar-refractivity contribution in [1.29, 1.82) is 0 Å². The van der Waals surface area contributed by atoms with Crippen molar-refractivity contribution in [3.8, 4) is 0 Å². The van der Waals surface area contributed by atoms with E-state index in [1.54, 1.807) is 50.3 Å². The van der Waals surface area contributed by atoms with Crippen molar-refractivity contribution in [1.82, 2.24) is 0 Å². The molecule has 10 N–H and O–H groups in total. The van der Waals surface area contributed by atoms with E-state index in [1.165, 1.54) is 7.11 Å². The lowest BCUT2D eigenvalue weighted by Crippen LogP contribution is -2.44. The molecule has 0 aliphatic carbocycles. The van der Waals surface area contributed by atoms with Crippen LogP contribution >= 0.6 is 0 Å². The standard InChI is InChI=1S/C46H72O16/c1-31-32(2)61-43(55)28-35(48)25-34(47)20-22-40(52)41(53)26-36(49)29-46(57,58)24-23-33(44(56)59-3)19-21-38(62-45-42(54)27-37(50)30-60-45)17-15-13-11-9-7-5-4-6-8-10-12-14-16-18-39(31)51/h4-17,31-42,45,47-54,57-58H,18-30H2,1-3H3/b5-4+,8-6+,9-7+,12-10+,13-11+,16-14+,17-15+/t31-,32-,33?,34?,35?,36?,37?,38?,39?,40?,41?,42?,45?/m0/s1. The number of esters is 2. The molecule has 0 aromatic carbocycles. The first-order valence-electron chi connectivity index (χ1n) is 21.5. The maximum absolute atomic E-state index is 12.8. The van der Waals surface area contributed by atoms with Gasteiger partial charge in [0.1, 0.15) is 12.2 Å². The van der Waals surface area contributed by atoms with Crippen molar-refractivity contribution in [2.75, 3.05) is 13.7 Å². The van der Waals surface area contributed by atoms with Crippen LogP contribution in [0.25, 0.3) is 0 Å². The lowest BCUT2D eigenvalue weighted by molar-refractivity contribution is -0.247. The summed E-state index contributed by atoms with van der Waals surface area (Å²) >= 11 is 0. The van der Waals surface area contributed by atoms with E-state index in [0.29, 0.717) is 6.42 Å². The maximum Gasteiger partial charge on any atom is 0.308 e. The fourth-order valence-electron chi connectivity index (χ4n) is 6.88. The molecule has 0 bridgehead atoms. The van der Waals surface area contributed by atoms with E-state index in [-0.39, 0.29) is 58.0 Å². The Kier molecular flexibility index (Phi) is 26.4. The van der Waals surface area contributed by atoms with Crippen LogP contribution in [0.5, 0.6) is 0 Å². The summed E-state index contributed by atoms with van der Waals surface area (Å²) in [5.41, 5.74) is 0. The highest BCUT2D eigenvalue weighted by molar-refractivity contribution is 5.72. The second kappa shape index (κ2) is 29.9. The van der Waals surface area contributed by atoms with Crippen molar-refractivity contribution in [3.63, 3.8) is 0 Å². The summed E-state index contributed by atoms with van der Waals surface area (Å²) in [6, 6.07) is 0. The molecule has 0 aromatic heterocycles. The molecule has 0 amide bonds. The number of aliphatic hydroxyl groups excluding tert-OH is 8. The quantitative estimate of drug-likeness (QED) is 0.144. The van der Waals surface area contributed by atoms with Crippen molar-refractivity contribution >= 4 is 11.9 Å². The SMILES string of the molecule is COC(=O)C1CCC(OC2OCC(O)CC2O)/C=C/C=C/C=C/C=C/C=C/C=C/C=C/CC(O)[C@@H](C)[C@H](C)OC(=O)CC(O)CC(O)CCC(O)C(O)CC(O)CC(O)(O)CC1. The van der Waals surface area contributed by atoms with Crippen molar-refractivity contribution < 1.29 is 79.6 Å². The second-order valence-corrected chi connectivity index (χ2v) is 16.3. The van der Waals surface area contributed by atoms with Gasteiger partial charge in [0, 0.05) is 31.6 Å². The minimum absolute atomic E-state index is 0.0286. The molecule has 0 aromatic rings. The molecule has 11 unspecified atom stereocenters. The highest BCUT2D eigenvalue weighted by atomic mass is 16.7. The molecular weight excluding hydrogens is 808 g/mol. The minimum atomic E-state index is -2.47. The second-order valence-electron chi connectivity index (χ2n) is 16.3. The molecule has 1 saturated heterocycles. The molecular formula is C46H72O16. The van der Waals surface area contributed by atoms with Gasteiger partial charge in [-0.3, -0.25) is 9.59 Å². The van der Waals surface area contributed by atoms with E-state index < -0.39 is 116 Å². The zero-order valence-corrected chi connectivity index (χ0v) is 36.2. The Balaban J connectivity index is 2.20. The third-order valence-corrected chi connectivity index (χ3v) is 10.8. The number of methoxy groups -OCH3 is 1. The number of rotatable bonds is 3. The number of cyclic esters (lactones) is 1. The summed E-state index contributed by atoms with van der Waals surface area (Å²) in [5, 5.41) is 105. The lowest BCUT2D eigenvalue weighted by Gasteiger charge is -2.33. The van der Waals surface area contributed by atoms with Crippen LogP contribution in [-0.2, 0) is 28.5 Å². The number of aliphatic hydroxyl groups is 10. The molecule has 16 heteroatoms. The van der Waals surface area contributed by atoms with Gasteiger partial charge in [0.05, 0.1) is 74.9 Å². The first-order chi connectivity index (χ1) is 29.4. The Bertz CT molecular complexity index is 1490. The van der Waals surface area contributed by atoms with Gasteiger partial charge in [-0.1, -0.05) is 92.0 Å². The van der Waals surface area contributed by atoms with E-state index >= 15 is 0 Å². The zero-order valence-electron chi connectivity index (χ0n) is 36.2. The number of hydrogen-bond donors (Lipinski definition) is 10. The van der Waals surface area contributed by atoms with Crippen LogP contribution in [0, 0.1) is 11.8 Å². The average Bonchev–Trinajstić information content (AvgIpc) is 3.20. The van der Waals surface area contributed by atoms with Gasteiger partial charge in [-0.2, -0.15) is 0 Å². The van der Waals surface area contributed by atoms with Crippen LogP contribution in [0.1, 0.15) is 90.9 Å². The number of carbonyl (C=O) groups excluding carboxylic acids is 2. The summed E-state index contributed by atoms with van der Waals surface area (Å²) < 4.78 is 21.9. The van der Waals surface area contributed by atoms with Crippen LogP contribution in [-0.4, -0.2) is 150 Å². The predicted molar refractivity (Wildman–Crippen MR) is 229 cm³/mol. The number of allylic oxidation sites excluding steroid dienone is 12. The zero-order chi connectivity index (χ0) is 46.1. The fourth-order valence-corrected chi connectivity index (χ4v) is 6.88. The molecule has 1 fully saturated rings. The molecule has 13 atom stereocenters. The molecule has 2 heterocycles. The van der Waals surface area contributed by atoms with E-state index in [0.717, 1.165) is 0 Å². The lowest BCUT2D eigenvalue weighted by atomic mass is 9.90. The van der Waals surface area contributed by atoms with Crippen LogP contribution < -0.4 is 0 Å². The third kappa shape index (κ3) is 23.4. The van der Waals surface area contributed by atoms with Gasteiger partial charge in [0.15, 0.2) is 12.1 Å². The number of ether oxygens (including phenoxy) is 4. The number of hydrogen-bond acceptors (Lipinski definition) is 16. The summed E-state index contributed by atoms with van der Waals surface area (Å²) in [4.78, 5) is 25.3. The monoisotopic (exact) mass is 880 g/mol. The Morgan fingerprint density at radius 3 is 1.87 bits per heavy atom. The highest BCUT2D eigenvalue weighted by Crippen LogP contribution is 2.27. The summed E-state index contributed by atoms with van der Waals surface area (Å²) in [7, 11) is 1.20.